The summed E-state index contributed by atoms with van der Waals surface area (Å²) in [6.45, 7) is 4.49. The molecule has 30 heavy (non-hydrogen) atoms. The smallest absolute Gasteiger partial charge is 0.264 e. The number of methoxy groups -OCH3 is 1. The number of hydrogen-bond acceptors (Lipinski definition) is 6. The molecular weight excluding hydrogens is 427 g/mol. The molecule has 2 aromatic carbocycles. The number of nitrogens with zero attached hydrogens (tertiary/aromatic N) is 2. The van der Waals surface area contributed by atoms with Crippen molar-refractivity contribution in [1.82, 2.24) is 4.98 Å². The molecule has 0 aliphatic rings. The number of aromatic nitrogens is 1. The van der Waals surface area contributed by atoms with Gasteiger partial charge in [0.05, 0.1) is 34.4 Å². The van der Waals surface area contributed by atoms with E-state index in [0.29, 0.717) is 35.9 Å². The van der Waals surface area contributed by atoms with Gasteiger partial charge in [-0.25, -0.2) is 17.8 Å². The molecular formula is C21H23FN2O4S2. The summed E-state index contributed by atoms with van der Waals surface area (Å²) in [4.78, 5) is 4.50. The van der Waals surface area contributed by atoms with Crippen molar-refractivity contribution in [2.24, 2.45) is 0 Å². The molecule has 0 unspecified atom stereocenters. The molecule has 0 atom stereocenters. The normalized spacial score (nSPS) is 11.5. The molecule has 9 heteroatoms. The van der Waals surface area contributed by atoms with E-state index in [1.807, 2.05) is 12.3 Å². The van der Waals surface area contributed by atoms with Gasteiger partial charge in [0.15, 0.2) is 0 Å². The predicted molar refractivity (Wildman–Crippen MR) is 115 cm³/mol. The van der Waals surface area contributed by atoms with Gasteiger partial charge in [-0.1, -0.05) is 0 Å². The van der Waals surface area contributed by atoms with Gasteiger partial charge in [-0.05, 0) is 61.9 Å². The van der Waals surface area contributed by atoms with E-state index in [2.05, 4.69) is 4.98 Å². The molecule has 0 aliphatic carbocycles. The molecule has 0 spiro atoms. The number of aryl methyl sites for hydroxylation is 2. The summed E-state index contributed by atoms with van der Waals surface area (Å²) in [5.74, 6) is 0.156. The summed E-state index contributed by atoms with van der Waals surface area (Å²) in [5.41, 5.74) is 1.68. The van der Waals surface area contributed by atoms with Gasteiger partial charge in [0.1, 0.15) is 18.2 Å². The maximum absolute atomic E-state index is 13.5. The highest BCUT2D eigenvalue weighted by Crippen LogP contribution is 2.29. The van der Waals surface area contributed by atoms with Crippen LogP contribution >= 0.6 is 11.3 Å². The lowest BCUT2D eigenvalue weighted by atomic mass is 10.2. The van der Waals surface area contributed by atoms with Crippen molar-refractivity contribution in [2.45, 2.75) is 25.3 Å². The fraction of sp³-hybridized carbons (Fsp3) is 0.286. The molecule has 160 valence electrons. The Balaban J connectivity index is 1.96. The Labute approximate surface area is 180 Å². The Bertz CT molecular complexity index is 1100. The Morgan fingerprint density at radius 1 is 1.10 bits per heavy atom. The van der Waals surface area contributed by atoms with Crippen LogP contribution in [0.15, 0.2) is 52.7 Å². The average molecular weight is 451 g/mol. The van der Waals surface area contributed by atoms with Gasteiger partial charge in [-0.2, -0.15) is 0 Å². The van der Waals surface area contributed by atoms with Crippen molar-refractivity contribution in [1.29, 1.82) is 0 Å². The first-order chi connectivity index (χ1) is 14.3. The first kappa shape index (κ1) is 22.2. The van der Waals surface area contributed by atoms with Gasteiger partial charge >= 0.3 is 0 Å². The van der Waals surface area contributed by atoms with Gasteiger partial charge in [0, 0.05) is 12.5 Å². The molecule has 0 aliphatic heterocycles. The number of hydrogen-bond donors (Lipinski definition) is 0. The Morgan fingerprint density at radius 2 is 1.83 bits per heavy atom. The van der Waals surface area contributed by atoms with E-state index in [1.165, 1.54) is 46.0 Å². The number of ether oxygens (including phenoxy) is 2. The lowest BCUT2D eigenvalue weighted by Crippen LogP contribution is -2.30. The minimum absolute atomic E-state index is 0.0451. The third-order valence-corrected chi connectivity index (χ3v) is 6.96. The van der Waals surface area contributed by atoms with Crippen molar-refractivity contribution in [3.8, 4) is 5.75 Å². The quantitative estimate of drug-likeness (QED) is 0.454. The summed E-state index contributed by atoms with van der Waals surface area (Å²) >= 11 is 1.44. The van der Waals surface area contributed by atoms with E-state index in [-0.39, 0.29) is 11.4 Å². The molecule has 0 radical (unpaired) electrons. The first-order valence-electron chi connectivity index (χ1n) is 9.23. The lowest BCUT2D eigenvalue weighted by Gasteiger charge is -2.24. The SMILES string of the molecule is COCCOc1ccc(S(=O)(=O)N(Cc2csc(C)n2)c2ccc(F)cc2)cc1C. The number of rotatable bonds is 9. The van der Waals surface area contributed by atoms with Gasteiger partial charge in [0.25, 0.3) is 10.0 Å². The zero-order valence-electron chi connectivity index (χ0n) is 17.0. The molecule has 0 N–H and O–H groups in total. The second-order valence-corrected chi connectivity index (χ2v) is 9.54. The summed E-state index contributed by atoms with van der Waals surface area (Å²) < 4.78 is 52.2. The second-order valence-electron chi connectivity index (χ2n) is 6.61. The third kappa shape index (κ3) is 5.16. The molecule has 0 bridgehead atoms. The van der Waals surface area contributed by atoms with Crippen LogP contribution in [0.3, 0.4) is 0 Å². The molecule has 3 aromatic rings. The maximum atomic E-state index is 13.5. The van der Waals surface area contributed by atoms with E-state index < -0.39 is 15.8 Å². The Hall–Kier alpha value is -2.49. The number of anilines is 1. The van der Waals surface area contributed by atoms with Crippen LogP contribution in [0.2, 0.25) is 0 Å². The average Bonchev–Trinajstić information content (AvgIpc) is 3.13. The van der Waals surface area contributed by atoms with Crippen LogP contribution in [0.1, 0.15) is 16.3 Å². The van der Waals surface area contributed by atoms with E-state index in [1.54, 1.807) is 26.2 Å². The van der Waals surface area contributed by atoms with Crippen LogP contribution in [0.4, 0.5) is 10.1 Å². The van der Waals surface area contributed by atoms with Crippen LogP contribution < -0.4 is 9.04 Å². The number of halogens is 1. The molecule has 3 rings (SSSR count). The summed E-state index contributed by atoms with van der Waals surface area (Å²) in [5, 5.41) is 2.66. The highest BCUT2D eigenvalue weighted by molar-refractivity contribution is 7.92. The van der Waals surface area contributed by atoms with Gasteiger partial charge in [-0.3, -0.25) is 4.31 Å². The molecule has 6 nitrogen and oxygen atoms in total. The van der Waals surface area contributed by atoms with Crippen LogP contribution in [0.5, 0.6) is 5.75 Å². The van der Waals surface area contributed by atoms with Crippen LogP contribution in [-0.4, -0.2) is 33.7 Å². The standard InChI is InChI=1S/C21H23FN2O4S2/c1-15-12-20(8-9-21(15)28-11-10-27-3)30(25,26)24(13-18-14-29-16(2)23-18)19-6-4-17(22)5-7-19/h4-9,12,14H,10-11,13H2,1-3H3. The fourth-order valence-corrected chi connectivity index (χ4v) is 4.98. The van der Waals surface area contributed by atoms with E-state index in [0.717, 1.165) is 5.01 Å². The topological polar surface area (TPSA) is 68.7 Å². The molecule has 0 fully saturated rings. The summed E-state index contributed by atoms with van der Waals surface area (Å²) in [6.07, 6.45) is 0. The molecule has 0 saturated heterocycles. The van der Waals surface area contributed by atoms with Crippen molar-refractivity contribution >= 4 is 27.0 Å². The minimum Gasteiger partial charge on any atom is -0.491 e. The van der Waals surface area contributed by atoms with E-state index in [9.17, 15) is 12.8 Å². The largest absolute Gasteiger partial charge is 0.491 e. The monoisotopic (exact) mass is 450 g/mol. The van der Waals surface area contributed by atoms with Gasteiger partial charge in [-0.15, -0.1) is 11.3 Å². The molecule has 1 aromatic heterocycles. The maximum Gasteiger partial charge on any atom is 0.264 e. The highest BCUT2D eigenvalue weighted by Gasteiger charge is 2.26. The van der Waals surface area contributed by atoms with Crippen molar-refractivity contribution < 1.29 is 22.3 Å². The van der Waals surface area contributed by atoms with Crippen molar-refractivity contribution in [2.75, 3.05) is 24.6 Å². The number of benzene rings is 2. The highest BCUT2D eigenvalue weighted by atomic mass is 32.2. The Morgan fingerprint density at radius 3 is 2.43 bits per heavy atom. The first-order valence-corrected chi connectivity index (χ1v) is 11.5. The van der Waals surface area contributed by atoms with E-state index in [4.69, 9.17) is 9.47 Å². The fourth-order valence-electron chi connectivity index (χ4n) is 2.86. The molecule has 0 amide bonds. The van der Waals surface area contributed by atoms with E-state index >= 15 is 0 Å². The zero-order valence-corrected chi connectivity index (χ0v) is 18.6. The van der Waals surface area contributed by atoms with Gasteiger partial charge < -0.3 is 9.47 Å². The summed E-state index contributed by atoms with van der Waals surface area (Å²) in [7, 11) is -2.34. The summed E-state index contributed by atoms with van der Waals surface area (Å²) in [6, 6.07) is 10.1. The number of thiazole rings is 1. The van der Waals surface area contributed by atoms with Crippen LogP contribution in [0.25, 0.3) is 0 Å². The van der Waals surface area contributed by atoms with Gasteiger partial charge in [0.2, 0.25) is 0 Å². The predicted octanol–water partition coefficient (Wildman–Crippen LogP) is 4.32. The minimum atomic E-state index is -3.93. The Kier molecular flexibility index (Phi) is 7.06. The molecule has 1 heterocycles. The van der Waals surface area contributed by atoms with Crippen molar-refractivity contribution in [3.05, 3.63) is 69.9 Å². The second kappa shape index (κ2) is 9.55. The van der Waals surface area contributed by atoms with Crippen LogP contribution in [0, 0.1) is 19.7 Å². The lowest BCUT2D eigenvalue weighted by molar-refractivity contribution is 0.146. The van der Waals surface area contributed by atoms with Crippen molar-refractivity contribution in [3.63, 3.8) is 0 Å². The zero-order chi connectivity index (χ0) is 21.7. The van der Waals surface area contributed by atoms with Crippen LogP contribution in [-0.2, 0) is 21.3 Å². The molecule has 0 saturated carbocycles. The third-order valence-electron chi connectivity index (χ3n) is 4.37. The number of sulfonamides is 1.